The quantitative estimate of drug-likeness (QED) is 0.552. The van der Waals surface area contributed by atoms with E-state index in [1.807, 2.05) is 25.1 Å². The minimum atomic E-state index is 0.00111. The molecular weight excluding hydrogens is 164 g/mol. The summed E-state index contributed by atoms with van der Waals surface area (Å²) in [7, 11) is 3.85. The van der Waals surface area contributed by atoms with Crippen LogP contribution >= 0.6 is 0 Å². The number of rotatable bonds is 2. The van der Waals surface area contributed by atoms with Gasteiger partial charge in [-0.3, -0.25) is 4.79 Å². The number of Topliss-reactive ketones (excluding diaryl/α,β-unsaturated/α-hetero) is 1. The second-order valence-electron chi connectivity index (χ2n) is 3.22. The Morgan fingerprint density at radius 2 is 2.00 bits per heavy atom. The van der Waals surface area contributed by atoms with Crippen LogP contribution < -0.4 is 10.6 Å². The first-order valence-corrected chi connectivity index (χ1v) is 4.10. The van der Waals surface area contributed by atoms with Gasteiger partial charge < -0.3 is 10.6 Å². The van der Waals surface area contributed by atoms with Crippen LogP contribution in [-0.4, -0.2) is 19.9 Å². The Hall–Kier alpha value is -1.51. The van der Waals surface area contributed by atoms with Crippen molar-refractivity contribution >= 4 is 17.2 Å². The molecule has 70 valence electrons. The third-order valence-corrected chi connectivity index (χ3v) is 1.93. The van der Waals surface area contributed by atoms with E-state index in [0.717, 1.165) is 5.69 Å². The molecule has 0 aliphatic rings. The summed E-state index contributed by atoms with van der Waals surface area (Å²) in [4.78, 5) is 13.1. The maximum atomic E-state index is 11.1. The van der Waals surface area contributed by atoms with E-state index in [1.54, 1.807) is 12.1 Å². The van der Waals surface area contributed by atoms with Crippen molar-refractivity contribution in [2.45, 2.75) is 6.92 Å². The molecule has 3 heteroatoms. The van der Waals surface area contributed by atoms with E-state index in [1.165, 1.54) is 6.92 Å². The Kier molecular flexibility index (Phi) is 2.56. The average Bonchev–Trinajstić information content (AvgIpc) is 2.04. The fourth-order valence-corrected chi connectivity index (χ4v) is 1.13. The standard InChI is InChI=1S/C10H14N2O/c1-7(13)9-6-8(12(2)3)4-5-10(9)11/h4-6H,11H2,1-3H3. The summed E-state index contributed by atoms with van der Waals surface area (Å²) in [5.41, 5.74) is 7.77. The van der Waals surface area contributed by atoms with Crippen molar-refractivity contribution in [3.63, 3.8) is 0 Å². The molecule has 1 rings (SSSR count). The average molecular weight is 178 g/mol. The number of hydrogen-bond donors (Lipinski definition) is 1. The largest absolute Gasteiger partial charge is 0.398 e. The molecule has 13 heavy (non-hydrogen) atoms. The third-order valence-electron chi connectivity index (χ3n) is 1.93. The van der Waals surface area contributed by atoms with E-state index < -0.39 is 0 Å². The van der Waals surface area contributed by atoms with Crippen LogP contribution in [0.15, 0.2) is 18.2 Å². The highest BCUT2D eigenvalue weighted by molar-refractivity contribution is 6.00. The Balaban J connectivity index is 3.19. The van der Waals surface area contributed by atoms with Crippen molar-refractivity contribution < 1.29 is 4.79 Å². The molecule has 0 aliphatic heterocycles. The number of nitrogen functional groups attached to an aromatic ring is 1. The van der Waals surface area contributed by atoms with E-state index in [4.69, 9.17) is 5.73 Å². The van der Waals surface area contributed by atoms with Crippen LogP contribution in [0.2, 0.25) is 0 Å². The van der Waals surface area contributed by atoms with Gasteiger partial charge in [-0.1, -0.05) is 0 Å². The summed E-state index contributed by atoms with van der Waals surface area (Å²) < 4.78 is 0. The number of nitrogens with zero attached hydrogens (tertiary/aromatic N) is 1. The van der Waals surface area contributed by atoms with Gasteiger partial charge in [-0.25, -0.2) is 0 Å². The second kappa shape index (κ2) is 3.47. The molecule has 0 spiro atoms. The van der Waals surface area contributed by atoms with E-state index in [0.29, 0.717) is 11.3 Å². The van der Waals surface area contributed by atoms with Crippen LogP contribution in [0, 0.1) is 0 Å². The fraction of sp³-hybridized carbons (Fsp3) is 0.300. The van der Waals surface area contributed by atoms with Gasteiger partial charge in [0.15, 0.2) is 5.78 Å². The van der Waals surface area contributed by atoms with Gasteiger partial charge in [0.05, 0.1) is 0 Å². The van der Waals surface area contributed by atoms with Gasteiger partial charge >= 0.3 is 0 Å². The Morgan fingerprint density at radius 3 is 2.46 bits per heavy atom. The normalized spacial score (nSPS) is 9.77. The lowest BCUT2D eigenvalue weighted by Gasteiger charge is -2.13. The number of ketones is 1. The Bertz CT molecular complexity index is 332. The fourth-order valence-electron chi connectivity index (χ4n) is 1.13. The smallest absolute Gasteiger partial charge is 0.161 e. The summed E-state index contributed by atoms with van der Waals surface area (Å²) >= 11 is 0. The molecule has 0 aliphatic carbocycles. The first kappa shape index (κ1) is 9.58. The van der Waals surface area contributed by atoms with Gasteiger partial charge in [0.1, 0.15) is 0 Å². The van der Waals surface area contributed by atoms with Crippen LogP contribution in [0.1, 0.15) is 17.3 Å². The number of carbonyl (C=O) groups excluding carboxylic acids is 1. The number of benzene rings is 1. The van der Waals surface area contributed by atoms with Crippen molar-refractivity contribution in [3.8, 4) is 0 Å². The highest BCUT2D eigenvalue weighted by Crippen LogP contribution is 2.19. The number of nitrogens with two attached hydrogens (primary N) is 1. The lowest BCUT2D eigenvalue weighted by Crippen LogP contribution is -2.10. The molecule has 0 saturated carbocycles. The molecule has 0 amide bonds. The van der Waals surface area contributed by atoms with Crippen LogP contribution in [0.25, 0.3) is 0 Å². The molecule has 0 saturated heterocycles. The lowest BCUT2D eigenvalue weighted by molar-refractivity contribution is 0.101. The second-order valence-corrected chi connectivity index (χ2v) is 3.22. The first-order valence-electron chi connectivity index (χ1n) is 4.10. The molecule has 0 aromatic heterocycles. The first-order chi connectivity index (χ1) is 6.02. The monoisotopic (exact) mass is 178 g/mol. The predicted molar refractivity (Wildman–Crippen MR) is 55.2 cm³/mol. The topological polar surface area (TPSA) is 46.3 Å². The lowest BCUT2D eigenvalue weighted by atomic mass is 10.1. The van der Waals surface area contributed by atoms with Crippen LogP contribution in [0.5, 0.6) is 0 Å². The van der Waals surface area contributed by atoms with Gasteiger partial charge in [0.2, 0.25) is 0 Å². The molecule has 2 N–H and O–H groups in total. The maximum absolute atomic E-state index is 11.1. The van der Waals surface area contributed by atoms with Crippen molar-refractivity contribution in [1.82, 2.24) is 0 Å². The summed E-state index contributed by atoms with van der Waals surface area (Å²) in [5, 5.41) is 0. The predicted octanol–water partition coefficient (Wildman–Crippen LogP) is 1.54. The van der Waals surface area contributed by atoms with Crippen molar-refractivity contribution in [2.75, 3.05) is 24.7 Å². The number of hydrogen-bond acceptors (Lipinski definition) is 3. The van der Waals surface area contributed by atoms with Gasteiger partial charge in [-0.2, -0.15) is 0 Å². The van der Waals surface area contributed by atoms with Crippen LogP contribution in [0.4, 0.5) is 11.4 Å². The molecule has 0 bridgehead atoms. The van der Waals surface area contributed by atoms with E-state index in [-0.39, 0.29) is 5.78 Å². The molecule has 1 aromatic rings. The summed E-state index contributed by atoms with van der Waals surface area (Å²) in [6.07, 6.45) is 0. The molecule has 0 unspecified atom stereocenters. The minimum absolute atomic E-state index is 0.00111. The van der Waals surface area contributed by atoms with Crippen LogP contribution in [0.3, 0.4) is 0 Å². The maximum Gasteiger partial charge on any atom is 0.161 e. The SMILES string of the molecule is CC(=O)c1cc(N(C)C)ccc1N. The van der Waals surface area contributed by atoms with E-state index >= 15 is 0 Å². The zero-order chi connectivity index (χ0) is 10.0. The highest BCUT2D eigenvalue weighted by Gasteiger charge is 2.06. The van der Waals surface area contributed by atoms with Gasteiger partial charge in [-0.15, -0.1) is 0 Å². The van der Waals surface area contributed by atoms with Crippen molar-refractivity contribution in [2.24, 2.45) is 0 Å². The Labute approximate surface area is 78.2 Å². The highest BCUT2D eigenvalue weighted by atomic mass is 16.1. The van der Waals surface area contributed by atoms with E-state index in [9.17, 15) is 4.79 Å². The molecule has 0 atom stereocenters. The number of anilines is 2. The zero-order valence-electron chi connectivity index (χ0n) is 8.16. The molecular formula is C10H14N2O. The van der Waals surface area contributed by atoms with Gasteiger partial charge in [0.25, 0.3) is 0 Å². The molecule has 3 nitrogen and oxygen atoms in total. The molecule has 0 fully saturated rings. The minimum Gasteiger partial charge on any atom is -0.398 e. The van der Waals surface area contributed by atoms with Gasteiger partial charge in [0, 0.05) is 31.0 Å². The number of carbonyl (C=O) groups is 1. The van der Waals surface area contributed by atoms with Crippen molar-refractivity contribution in [1.29, 1.82) is 0 Å². The van der Waals surface area contributed by atoms with Crippen LogP contribution in [-0.2, 0) is 0 Å². The summed E-state index contributed by atoms with van der Waals surface area (Å²) in [5.74, 6) is 0.00111. The molecule has 1 aromatic carbocycles. The van der Waals surface area contributed by atoms with Crippen molar-refractivity contribution in [3.05, 3.63) is 23.8 Å². The van der Waals surface area contributed by atoms with Gasteiger partial charge in [-0.05, 0) is 25.1 Å². The Morgan fingerprint density at radius 1 is 1.38 bits per heavy atom. The molecule has 0 radical (unpaired) electrons. The summed E-state index contributed by atoms with van der Waals surface area (Å²) in [6, 6.07) is 5.45. The molecule has 0 heterocycles. The zero-order valence-corrected chi connectivity index (χ0v) is 8.16. The van der Waals surface area contributed by atoms with E-state index in [2.05, 4.69) is 0 Å². The third kappa shape index (κ3) is 1.99. The summed E-state index contributed by atoms with van der Waals surface area (Å²) in [6.45, 7) is 1.52.